The molecule has 0 radical (unpaired) electrons. The summed E-state index contributed by atoms with van der Waals surface area (Å²) in [5, 5.41) is 7.35. The van der Waals surface area contributed by atoms with Crippen LogP contribution < -0.4 is 15.5 Å². The van der Waals surface area contributed by atoms with Crippen molar-refractivity contribution >= 4 is 17.2 Å². The van der Waals surface area contributed by atoms with Gasteiger partial charge in [-0.05, 0) is 11.4 Å². The van der Waals surface area contributed by atoms with Gasteiger partial charge in [0.15, 0.2) is 0 Å². The average Bonchev–Trinajstić information content (AvgIpc) is 3.16. The fourth-order valence-corrected chi connectivity index (χ4v) is 3.99. The highest BCUT2D eigenvalue weighted by atomic mass is 32.1. The van der Waals surface area contributed by atoms with Gasteiger partial charge in [-0.15, -0.1) is 11.3 Å². The predicted octanol–water partition coefficient (Wildman–Crippen LogP) is 0.289. The molecule has 24 heavy (non-hydrogen) atoms. The minimum atomic E-state index is 0.0560. The topological polar surface area (TPSA) is 50.1 Å². The van der Waals surface area contributed by atoms with Crippen molar-refractivity contribution in [2.24, 2.45) is 0 Å². The predicted molar refractivity (Wildman–Crippen MR) is 97.3 cm³/mol. The summed E-state index contributed by atoms with van der Waals surface area (Å²) in [6.07, 6.45) is 2.53. The number of quaternary nitrogens is 2. The summed E-state index contributed by atoms with van der Waals surface area (Å²) in [7, 11) is 0. The molecule has 0 atom stereocenters. The van der Waals surface area contributed by atoms with Gasteiger partial charge in [-0.3, -0.25) is 4.79 Å². The van der Waals surface area contributed by atoms with E-state index in [0.29, 0.717) is 6.04 Å². The van der Waals surface area contributed by atoms with Crippen molar-refractivity contribution in [3.8, 4) is 0 Å². The Balaban J connectivity index is 1.29. The van der Waals surface area contributed by atoms with Gasteiger partial charge in [0.2, 0.25) is 0 Å². The molecule has 1 fully saturated rings. The van der Waals surface area contributed by atoms with Crippen molar-refractivity contribution in [2.75, 3.05) is 26.2 Å². The van der Waals surface area contributed by atoms with Gasteiger partial charge in [-0.1, -0.05) is 36.4 Å². The van der Waals surface area contributed by atoms with E-state index >= 15 is 0 Å². The van der Waals surface area contributed by atoms with Crippen LogP contribution in [-0.2, 0) is 6.54 Å². The number of thiophene rings is 1. The molecule has 4 N–H and O–H groups in total. The smallest absolute Gasteiger partial charge is 0.261 e. The Bertz CT molecular complexity index is 607. The standard InChI is InChI=1S/C19H25N3OS/c23-19(18-7-4-14-24-18)21-11-10-20-17-8-12-22(13-9-17)15-16-5-2-1-3-6-16/h1-7,14,17,20H,8-13,15H2,(H,21,23)/p+2. The van der Waals surface area contributed by atoms with Gasteiger partial charge in [-0.25, -0.2) is 0 Å². The molecule has 0 aliphatic carbocycles. The number of benzene rings is 1. The van der Waals surface area contributed by atoms with Gasteiger partial charge in [-0.2, -0.15) is 0 Å². The Morgan fingerprint density at radius 3 is 2.67 bits per heavy atom. The van der Waals surface area contributed by atoms with Crippen LogP contribution in [0, 0.1) is 0 Å². The summed E-state index contributed by atoms with van der Waals surface area (Å²) in [4.78, 5) is 14.3. The van der Waals surface area contributed by atoms with Gasteiger partial charge in [0.1, 0.15) is 6.54 Å². The van der Waals surface area contributed by atoms with Crippen LogP contribution in [0.1, 0.15) is 28.1 Å². The molecule has 1 aromatic heterocycles. The number of carbonyl (C=O) groups excluding carboxylic acids is 1. The van der Waals surface area contributed by atoms with Crippen LogP contribution >= 0.6 is 11.3 Å². The van der Waals surface area contributed by atoms with E-state index in [1.807, 2.05) is 17.5 Å². The molecule has 0 spiro atoms. The molecule has 4 nitrogen and oxygen atoms in total. The van der Waals surface area contributed by atoms with Crippen molar-refractivity contribution in [3.63, 3.8) is 0 Å². The van der Waals surface area contributed by atoms with E-state index in [-0.39, 0.29) is 5.91 Å². The summed E-state index contributed by atoms with van der Waals surface area (Å²) in [5.41, 5.74) is 1.44. The number of rotatable bonds is 7. The van der Waals surface area contributed by atoms with E-state index < -0.39 is 0 Å². The highest BCUT2D eigenvalue weighted by molar-refractivity contribution is 7.12. The lowest BCUT2D eigenvalue weighted by Crippen LogP contribution is -3.13. The maximum absolute atomic E-state index is 11.9. The quantitative estimate of drug-likeness (QED) is 0.621. The summed E-state index contributed by atoms with van der Waals surface area (Å²) in [5.74, 6) is 0.0560. The normalized spacial score (nSPS) is 20.7. The van der Waals surface area contributed by atoms with E-state index in [4.69, 9.17) is 0 Å². The number of likely N-dealkylation sites (tertiary alicyclic amines) is 1. The highest BCUT2D eigenvalue weighted by Crippen LogP contribution is 2.07. The van der Waals surface area contributed by atoms with Gasteiger partial charge < -0.3 is 15.5 Å². The molecular weight excluding hydrogens is 318 g/mol. The SMILES string of the molecule is O=C(NCC[NH2+]C1CC[NH+](Cc2ccccc2)CC1)c1cccs1. The zero-order chi connectivity index (χ0) is 16.6. The van der Waals surface area contributed by atoms with Crippen LogP contribution in [-0.4, -0.2) is 38.1 Å². The third kappa shape index (κ3) is 5.16. The Kier molecular flexibility index (Phi) is 6.41. The van der Waals surface area contributed by atoms with Crippen LogP contribution in [0.4, 0.5) is 0 Å². The first-order valence-electron chi connectivity index (χ1n) is 8.84. The Morgan fingerprint density at radius 1 is 1.17 bits per heavy atom. The Morgan fingerprint density at radius 2 is 1.96 bits per heavy atom. The first-order valence-corrected chi connectivity index (χ1v) is 9.72. The zero-order valence-electron chi connectivity index (χ0n) is 14.0. The van der Waals surface area contributed by atoms with Gasteiger partial charge >= 0.3 is 0 Å². The van der Waals surface area contributed by atoms with Gasteiger partial charge in [0.25, 0.3) is 5.91 Å². The minimum absolute atomic E-state index is 0.0560. The number of amides is 1. The van der Waals surface area contributed by atoms with E-state index in [1.54, 1.807) is 4.90 Å². The molecule has 2 aromatic rings. The Labute approximate surface area is 147 Å². The first kappa shape index (κ1) is 17.1. The molecule has 1 amide bonds. The molecule has 2 heterocycles. The van der Waals surface area contributed by atoms with Gasteiger partial charge in [0.05, 0.1) is 37.1 Å². The molecule has 0 unspecified atom stereocenters. The Hall–Kier alpha value is -1.69. The molecule has 1 aliphatic heterocycles. The zero-order valence-corrected chi connectivity index (χ0v) is 14.9. The van der Waals surface area contributed by atoms with E-state index in [2.05, 4.69) is 41.0 Å². The van der Waals surface area contributed by atoms with Crippen molar-refractivity contribution in [3.05, 3.63) is 58.3 Å². The number of nitrogens with two attached hydrogens (primary N) is 1. The van der Waals surface area contributed by atoms with Crippen LogP contribution in [0.2, 0.25) is 0 Å². The van der Waals surface area contributed by atoms with E-state index in [9.17, 15) is 4.79 Å². The molecule has 128 valence electrons. The number of piperidine rings is 1. The fourth-order valence-electron chi connectivity index (χ4n) is 3.35. The lowest BCUT2D eigenvalue weighted by molar-refractivity contribution is -0.926. The highest BCUT2D eigenvalue weighted by Gasteiger charge is 2.24. The second kappa shape index (κ2) is 8.97. The maximum Gasteiger partial charge on any atom is 0.261 e. The maximum atomic E-state index is 11.9. The van der Waals surface area contributed by atoms with Crippen molar-refractivity contribution in [1.82, 2.24) is 5.32 Å². The van der Waals surface area contributed by atoms with E-state index in [0.717, 1.165) is 24.5 Å². The number of hydrogen-bond acceptors (Lipinski definition) is 2. The summed E-state index contributed by atoms with van der Waals surface area (Å²) < 4.78 is 0. The fraction of sp³-hybridized carbons (Fsp3) is 0.421. The number of hydrogen-bond donors (Lipinski definition) is 3. The average molecular weight is 346 g/mol. The molecule has 1 aromatic carbocycles. The third-order valence-electron chi connectivity index (χ3n) is 4.71. The lowest BCUT2D eigenvalue weighted by Gasteiger charge is -2.28. The molecule has 5 heteroatoms. The second-order valence-corrected chi connectivity index (χ2v) is 7.46. The largest absolute Gasteiger partial charge is 0.346 e. The third-order valence-corrected chi connectivity index (χ3v) is 5.58. The van der Waals surface area contributed by atoms with Crippen molar-refractivity contribution < 1.29 is 15.0 Å². The minimum Gasteiger partial charge on any atom is -0.346 e. The van der Waals surface area contributed by atoms with Crippen LogP contribution in [0.3, 0.4) is 0 Å². The molecule has 3 rings (SSSR count). The number of nitrogens with one attached hydrogen (secondary N) is 2. The van der Waals surface area contributed by atoms with Crippen LogP contribution in [0.5, 0.6) is 0 Å². The first-order chi connectivity index (χ1) is 11.8. The van der Waals surface area contributed by atoms with Crippen LogP contribution in [0.15, 0.2) is 47.8 Å². The van der Waals surface area contributed by atoms with Gasteiger partial charge in [0, 0.05) is 18.4 Å². The summed E-state index contributed by atoms with van der Waals surface area (Å²) in [6, 6.07) is 15.3. The second-order valence-electron chi connectivity index (χ2n) is 6.51. The lowest BCUT2D eigenvalue weighted by atomic mass is 10.0. The van der Waals surface area contributed by atoms with Crippen LogP contribution in [0.25, 0.3) is 0 Å². The molecule has 0 bridgehead atoms. The number of carbonyl (C=O) groups is 1. The summed E-state index contributed by atoms with van der Waals surface area (Å²) in [6.45, 7) is 5.35. The molecule has 1 aliphatic rings. The van der Waals surface area contributed by atoms with Crippen molar-refractivity contribution in [1.29, 1.82) is 0 Å². The molecule has 0 saturated carbocycles. The summed E-state index contributed by atoms with van der Waals surface area (Å²) >= 11 is 1.49. The molecule has 1 saturated heterocycles. The monoisotopic (exact) mass is 345 g/mol. The van der Waals surface area contributed by atoms with Crippen molar-refractivity contribution in [2.45, 2.75) is 25.4 Å². The molecular formula is C19H27N3OS+2. The van der Waals surface area contributed by atoms with E-state index in [1.165, 1.54) is 42.8 Å².